The van der Waals surface area contributed by atoms with Gasteiger partial charge in [-0.3, -0.25) is 9.59 Å². The first-order valence-corrected chi connectivity index (χ1v) is 5.76. The molecule has 10 nitrogen and oxygen atoms in total. The van der Waals surface area contributed by atoms with Crippen LogP contribution in [-0.4, -0.2) is 78.5 Å². The fourth-order valence-electron chi connectivity index (χ4n) is 1.08. The third-order valence-electron chi connectivity index (χ3n) is 2.43. The van der Waals surface area contributed by atoms with Crippen LogP contribution >= 0.6 is 0 Å². The highest BCUT2D eigenvalue weighted by atomic mass is 16.5. The van der Waals surface area contributed by atoms with E-state index in [9.17, 15) is 24.3 Å². The van der Waals surface area contributed by atoms with Gasteiger partial charge >= 0.3 is 23.9 Å². The molecular weight excluding hydrogens is 288 g/mol. The number of rotatable bonds is 7. The Morgan fingerprint density at radius 1 is 1.10 bits per heavy atom. The second-order valence-corrected chi connectivity index (χ2v) is 4.25. The van der Waals surface area contributed by atoms with E-state index in [4.69, 9.17) is 5.11 Å². The number of carbonyl (C=O) groups excluding carboxylic acids is 3. The first-order chi connectivity index (χ1) is 9.63. The van der Waals surface area contributed by atoms with Gasteiger partial charge in [0.25, 0.3) is 0 Å². The summed E-state index contributed by atoms with van der Waals surface area (Å²) in [6.07, 6.45) is 0. The summed E-state index contributed by atoms with van der Waals surface area (Å²) in [6.45, 7) is -0.695. The van der Waals surface area contributed by atoms with Gasteiger partial charge in [-0.2, -0.15) is 0 Å². The summed E-state index contributed by atoms with van der Waals surface area (Å²) in [4.78, 5) is 45.6. The number of amides is 2. The number of aliphatic hydroxyl groups is 1. The highest BCUT2D eigenvalue weighted by Crippen LogP contribution is 2.02. The second kappa shape index (κ2) is 8.04. The minimum absolute atomic E-state index is 0.535. The van der Waals surface area contributed by atoms with Crippen LogP contribution in [0.15, 0.2) is 0 Å². The second-order valence-electron chi connectivity index (χ2n) is 4.25. The summed E-state index contributed by atoms with van der Waals surface area (Å²) in [5, 5.41) is 20.3. The Bertz CT molecular complexity index is 402. The Morgan fingerprint density at radius 3 is 1.86 bits per heavy atom. The molecule has 0 aromatic rings. The lowest BCUT2D eigenvalue weighted by atomic mass is 10.1. The van der Waals surface area contributed by atoms with Crippen LogP contribution in [0.5, 0.6) is 0 Å². The van der Waals surface area contributed by atoms with Crippen molar-refractivity contribution in [3.8, 4) is 0 Å². The average molecular weight is 306 g/mol. The van der Waals surface area contributed by atoms with Crippen LogP contribution in [0.1, 0.15) is 6.92 Å². The van der Waals surface area contributed by atoms with Crippen LogP contribution in [0.2, 0.25) is 0 Å². The minimum atomic E-state index is -2.18. The van der Waals surface area contributed by atoms with Crippen LogP contribution < -0.4 is 5.32 Å². The molecule has 120 valence electrons. The first-order valence-electron chi connectivity index (χ1n) is 5.76. The van der Waals surface area contributed by atoms with Crippen LogP contribution in [0.25, 0.3) is 0 Å². The molecule has 0 heterocycles. The molecule has 0 aliphatic carbocycles. The molecule has 0 aromatic heterocycles. The predicted octanol–water partition coefficient (Wildman–Crippen LogP) is -1.82. The Morgan fingerprint density at radius 2 is 1.52 bits per heavy atom. The van der Waals surface area contributed by atoms with E-state index >= 15 is 0 Å². The molecule has 1 unspecified atom stereocenters. The van der Waals surface area contributed by atoms with Gasteiger partial charge in [-0.25, -0.2) is 9.59 Å². The summed E-state index contributed by atoms with van der Waals surface area (Å²) in [5.41, 5.74) is -2.18. The van der Waals surface area contributed by atoms with E-state index < -0.39 is 49.2 Å². The molecule has 0 bridgehead atoms. The van der Waals surface area contributed by atoms with Crippen molar-refractivity contribution in [2.75, 3.05) is 33.9 Å². The van der Waals surface area contributed by atoms with E-state index in [-0.39, 0.29) is 0 Å². The molecule has 10 heteroatoms. The van der Waals surface area contributed by atoms with Crippen molar-refractivity contribution < 1.29 is 38.9 Å². The molecule has 0 aliphatic heterocycles. The zero-order valence-electron chi connectivity index (χ0n) is 11.9. The van der Waals surface area contributed by atoms with Gasteiger partial charge in [0, 0.05) is 0 Å². The maximum absolute atomic E-state index is 11.8. The lowest BCUT2D eigenvalue weighted by Gasteiger charge is -2.23. The third kappa shape index (κ3) is 6.56. The SMILES string of the molecule is COC(=O)CN(CC(=O)OC)C(=O)NCC(C)(O)C(=O)O. The summed E-state index contributed by atoms with van der Waals surface area (Å²) < 4.78 is 8.75. The number of carboxylic acid groups (broad SMARTS) is 1. The highest BCUT2D eigenvalue weighted by molar-refractivity contribution is 5.85. The lowest BCUT2D eigenvalue weighted by molar-refractivity contribution is -0.156. The lowest BCUT2D eigenvalue weighted by Crippen LogP contribution is -2.52. The van der Waals surface area contributed by atoms with Gasteiger partial charge in [-0.15, -0.1) is 0 Å². The van der Waals surface area contributed by atoms with Gasteiger partial charge in [-0.1, -0.05) is 0 Å². The fraction of sp³-hybridized carbons (Fsp3) is 0.636. The Hall–Kier alpha value is -2.36. The van der Waals surface area contributed by atoms with Gasteiger partial charge in [0.2, 0.25) is 0 Å². The van der Waals surface area contributed by atoms with Gasteiger partial charge < -0.3 is 29.9 Å². The van der Waals surface area contributed by atoms with E-state index in [0.717, 1.165) is 26.0 Å². The molecule has 1 atom stereocenters. The van der Waals surface area contributed by atoms with Crippen molar-refractivity contribution in [2.24, 2.45) is 0 Å². The van der Waals surface area contributed by atoms with Crippen molar-refractivity contribution in [1.82, 2.24) is 10.2 Å². The normalized spacial score (nSPS) is 12.8. The summed E-state index contributed by atoms with van der Waals surface area (Å²) in [5.74, 6) is -3.09. The van der Waals surface area contributed by atoms with E-state index in [1.54, 1.807) is 0 Å². The number of carbonyl (C=O) groups is 4. The highest BCUT2D eigenvalue weighted by Gasteiger charge is 2.31. The molecular formula is C11H18N2O8. The summed E-state index contributed by atoms with van der Waals surface area (Å²) in [7, 11) is 2.21. The number of urea groups is 1. The smallest absolute Gasteiger partial charge is 0.337 e. The zero-order chi connectivity index (χ0) is 16.6. The number of esters is 2. The molecule has 0 saturated carbocycles. The van der Waals surface area contributed by atoms with Crippen molar-refractivity contribution in [2.45, 2.75) is 12.5 Å². The van der Waals surface area contributed by atoms with E-state index in [1.807, 2.05) is 0 Å². The van der Waals surface area contributed by atoms with E-state index in [1.165, 1.54) is 0 Å². The first kappa shape index (κ1) is 18.6. The Balaban J connectivity index is 4.74. The number of ether oxygens (including phenoxy) is 2. The summed E-state index contributed by atoms with van der Waals surface area (Å²) in [6, 6.07) is -0.924. The Kier molecular flexibility index (Phi) is 7.14. The molecule has 0 aromatic carbocycles. The average Bonchev–Trinajstić information content (AvgIpc) is 2.43. The zero-order valence-corrected chi connectivity index (χ0v) is 11.9. The predicted molar refractivity (Wildman–Crippen MR) is 67.3 cm³/mol. The molecule has 0 saturated heterocycles. The van der Waals surface area contributed by atoms with Crippen LogP contribution in [0.4, 0.5) is 4.79 Å². The topological polar surface area (TPSA) is 142 Å². The van der Waals surface area contributed by atoms with Gasteiger partial charge in [0.05, 0.1) is 20.8 Å². The van der Waals surface area contributed by atoms with Crippen LogP contribution in [0, 0.1) is 0 Å². The molecule has 0 fully saturated rings. The van der Waals surface area contributed by atoms with Gasteiger partial charge in [-0.05, 0) is 6.92 Å². The van der Waals surface area contributed by atoms with Crippen molar-refractivity contribution in [3.63, 3.8) is 0 Å². The number of nitrogens with one attached hydrogen (secondary N) is 1. The molecule has 21 heavy (non-hydrogen) atoms. The number of nitrogens with zero attached hydrogens (tertiary/aromatic N) is 1. The number of hydrogen-bond donors (Lipinski definition) is 3. The van der Waals surface area contributed by atoms with E-state index in [0.29, 0.717) is 0 Å². The molecule has 3 N–H and O–H groups in total. The van der Waals surface area contributed by atoms with Gasteiger partial charge in [0.1, 0.15) is 13.1 Å². The van der Waals surface area contributed by atoms with Crippen molar-refractivity contribution in [3.05, 3.63) is 0 Å². The quantitative estimate of drug-likeness (QED) is 0.467. The fourth-order valence-corrected chi connectivity index (χ4v) is 1.08. The molecule has 0 spiro atoms. The standard InChI is InChI=1S/C11H18N2O8/c1-11(19,9(16)17)6-12-10(18)13(4-7(14)20-2)5-8(15)21-3/h19H,4-6H2,1-3H3,(H,12,18)(H,16,17). The Labute approximate surface area is 120 Å². The van der Waals surface area contributed by atoms with Crippen LogP contribution in [0.3, 0.4) is 0 Å². The monoisotopic (exact) mass is 306 g/mol. The van der Waals surface area contributed by atoms with Gasteiger partial charge in [0.15, 0.2) is 5.60 Å². The van der Waals surface area contributed by atoms with E-state index in [2.05, 4.69) is 14.8 Å². The molecule has 0 radical (unpaired) electrons. The van der Waals surface area contributed by atoms with Crippen LogP contribution in [-0.2, 0) is 23.9 Å². The number of aliphatic carboxylic acids is 1. The maximum atomic E-state index is 11.8. The largest absolute Gasteiger partial charge is 0.479 e. The number of carboxylic acids is 1. The molecule has 2 amide bonds. The minimum Gasteiger partial charge on any atom is -0.479 e. The van der Waals surface area contributed by atoms with Crippen molar-refractivity contribution in [1.29, 1.82) is 0 Å². The maximum Gasteiger partial charge on any atom is 0.337 e. The third-order valence-corrected chi connectivity index (χ3v) is 2.43. The number of methoxy groups -OCH3 is 2. The van der Waals surface area contributed by atoms with Crippen molar-refractivity contribution >= 4 is 23.9 Å². The number of hydrogen-bond acceptors (Lipinski definition) is 7. The molecule has 0 rings (SSSR count). The molecule has 0 aliphatic rings. The summed E-state index contributed by atoms with van der Waals surface area (Å²) >= 11 is 0.